The fourth-order valence-corrected chi connectivity index (χ4v) is 2.26. The van der Waals surface area contributed by atoms with Gasteiger partial charge in [0, 0.05) is 11.6 Å². The Hall–Kier alpha value is -0.0800. The fraction of sp³-hybridized carbons (Fsp3) is 1.00. The quantitative estimate of drug-likeness (QED) is 0.659. The van der Waals surface area contributed by atoms with Crippen molar-refractivity contribution in [1.29, 1.82) is 0 Å². The van der Waals surface area contributed by atoms with E-state index in [4.69, 9.17) is 0 Å². The number of aliphatic hydroxyl groups excluding tert-OH is 1. The Morgan fingerprint density at radius 3 is 2.57 bits per heavy atom. The van der Waals surface area contributed by atoms with Gasteiger partial charge < -0.3 is 10.4 Å². The fourth-order valence-electron chi connectivity index (χ4n) is 2.26. The third-order valence-electron chi connectivity index (χ3n) is 3.13. The Labute approximate surface area is 88.1 Å². The maximum absolute atomic E-state index is 9.35. The van der Waals surface area contributed by atoms with Gasteiger partial charge in [0.25, 0.3) is 0 Å². The van der Waals surface area contributed by atoms with Crippen molar-refractivity contribution in [2.75, 3.05) is 6.61 Å². The summed E-state index contributed by atoms with van der Waals surface area (Å²) >= 11 is 0. The van der Waals surface area contributed by atoms with Crippen LogP contribution < -0.4 is 5.32 Å². The molecule has 14 heavy (non-hydrogen) atoms. The maximum Gasteiger partial charge on any atom is 0.0610 e. The molecule has 0 radical (unpaired) electrons. The highest BCUT2D eigenvalue weighted by Gasteiger charge is 2.28. The molecular formula is C12H25NO. The smallest absolute Gasteiger partial charge is 0.0610 e. The summed E-state index contributed by atoms with van der Waals surface area (Å²) in [6.07, 6.45) is 6.28. The third-order valence-corrected chi connectivity index (χ3v) is 3.13. The van der Waals surface area contributed by atoms with Crippen molar-refractivity contribution >= 4 is 0 Å². The summed E-state index contributed by atoms with van der Waals surface area (Å²) in [6.45, 7) is 6.78. The standard InChI is InChI=1S/C12H25NO/c1-4-7-12(3,9-14)13-10(2)8-11-5-6-11/h10-11,13-14H,4-9H2,1-3H3. The normalized spacial score (nSPS) is 23.1. The lowest BCUT2D eigenvalue weighted by Crippen LogP contribution is -2.50. The van der Waals surface area contributed by atoms with Gasteiger partial charge in [0.15, 0.2) is 0 Å². The predicted molar refractivity (Wildman–Crippen MR) is 60.3 cm³/mol. The molecule has 1 fully saturated rings. The molecule has 0 aromatic carbocycles. The van der Waals surface area contributed by atoms with Gasteiger partial charge in [-0.25, -0.2) is 0 Å². The Kier molecular flexibility index (Phi) is 4.39. The van der Waals surface area contributed by atoms with Crippen LogP contribution in [0.4, 0.5) is 0 Å². The molecule has 2 atom stereocenters. The predicted octanol–water partition coefficient (Wildman–Crippen LogP) is 2.32. The molecule has 0 bridgehead atoms. The zero-order valence-corrected chi connectivity index (χ0v) is 9.84. The molecule has 0 heterocycles. The van der Waals surface area contributed by atoms with Crippen LogP contribution in [0.15, 0.2) is 0 Å². The van der Waals surface area contributed by atoms with Gasteiger partial charge in [-0.3, -0.25) is 0 Å². The molecule has 1 saturated carbocycles. The van der Waals surface area contributed by atoms with E-state index in [1.807, 2.05) is 0 Å². The van der Waals surface area contributed by atoms with Gasteiger partial charge in [-0.2, -0.15) is 0 Å². The van der Waals surface area contributed by atoms with E-state index < -0.39 is 0 Å². The molecule has 1 aliphatic carbocycles. The molecule has 0 amide bonds. The molecule has 0 saturated heterocycles. The number of hydrogen-bond acceptors (Lipinski definition) is 2. The highest BCUT2D eigenvalue weighted by Crippen LogP contribution is 2.33. The van der Waals surface area contributed by atoms with Crippen molar-refractivity contribution in [3.63, 3.8) is 0 Å². The molecule has 0 aromatic heterocycles. The second-order valence-corrected chi connectivity index (χ2v) is 5.19. The van der Waals surface area contributed by atoms with Gasteiger partial charge in [-0.15, -0.1) is 0 Å². The summed E-state index contributed by atoms with van der Waals surface area (Å²) in [5, 5.41) is 12.9. The van der Waals surface area contributed by atoms with Crippen LogP contribution in [0.2, 0.25) is 0 Å². The van der Waals surface area contributed by atoms with E-state index in [9.17, 15) is 5.11 Å². The summed E-state index contributed by atoms with van der Waals surface area (Å²) in [7, 11) is 0. The van der Waals surface area contributed by atoms with E-state index in [0.29, 0.717) is 6.04 Å². The van der Waals surface area contributed by atoms with Crippen LogP contribution in [0, 0.1) is 5.92 Å². The van der Waals surface area contributed by atoms with E-state index >= 15 is 0 Å². The lowest BCUT2D eigenvalue weighted by molar-refractivity contribution is 0.151. The number of aliphatic hydroxyl groups is 1. The minimum atomic E-state index is -0.0664. The van der Waals surface area contributed by atoms with Gasteiger partial charge in [0.1, 0.15) is 0 Å². The first-order valence-corrected chi connectivity index (χ1v) is 5.98. The maximum atomic E-state index is 9.35. The van der Waals surface area contributed by atoms with Gasteiger partial charge in [-0.1, -0.05) is 26.2 Å². The van der Waals surface area contributed by atoms with Crippen molar-refractivity contribution in [2.24, 2.45) is 5.92 Å². The van der Waals surface area contributed by atoms with Crippen LogP contribution in [0.1, 0.15) is 52.9 Å². The van der Waals surface area contributed by atoms with Gasteiger partial charge in [-0.05, 0) is 32.6 Å². The van der Waals surface area contributed by atoms with Crippen molar-refractivity contribution in [1.82, 2.24) is 5.32 Å². The van der Waals surface area contributed by atoms with Crippen molar-refractivity contribution < 1.29 is 5.11 Å². The molecular weight excluding hydrogens is 174 g/mol. The topological polar surface area (TPSA) is 32.3 Å². The molecule has 1 aliphatic rings. The molecule has 0 spiro atoms. The Bertz CT molecular complexity index is 168. The molecule has 2 nitrogen and oxygen atoms in total. The molecule has 1 rings (SSSR count). The SMILES string of the molecule is CCCC(C)(CO)NC(C)CC1CC1. The summed E-state index contributed by atoms with van der Waals surface area (Å²) in [5.74, 6) is 0.960. The van der Waals surface area contributed by atoms with Crippen molar-refractivity contribution in [3.05, 3.63) is 0 Å². The highest BCUT2D eigenvalue weighted by atomic mass is 16.3. The van der Waals surface area contributed by atoms with Crippen LogP contribution in [0.5, 0.6) is 0 Å². The van der Waals surface area contributed by atoms with Gasteiger partial charge >= 0.3 is 0 Å². The molecule has 2 heteroatoms. The third kappa shape index (κ3) is 3.97. The van der Waals surface area contributed by atoms with Crippen LogP contribution in [0.3, 0.4) is 0 Å². The number of hydrogen-bond donors (Lipinski definition) is 2. The zero-order valence-electron chi connectivity index (χ0n) is 9.84. The van der Waals surface area contributed by atoms with Gasteiger partial charge in [0.05, 0.1) is 6.61 Å². The second-order valence-electron chi connectivity index (χ2n) is 5.19. The largest absolute Gasteiger partial charge is 0.394 e. The number of nitrogens with one attached hydrogen (secondary N) is 1. The van der Waals surface area contributed by atoms with Gasteiger partial charge in [0.2, 0.25) is 0 Å². The summed E-state index contributed by atoms with van der Waals surface area (Å²) in [6, 6.07) is 0.547. The first kappa shape index (κ1) is 12.0. The Morgan fingerprint density at radius 2 is 2.14 bits per heavy atom. The van der Waals surface area contributed by atoms with E-state index in [1.165, 1.54) is 19.3 Å². The molecule has 84 valence electrons. The van der Waals surface area contributed by atoms with E-state index in [-0.39, 0.29) is 12.1 Å². The molecule has 0 aliphatic heterocycles. The average Bonchev–Trinajstić information content (AvgIpc) is 2.88. The summed E-state index contributed by atoms with van der Waals surface area (Å²) in [5.41, 5.74) is -0.0664. The second kappa shape index (κ2) is 5.13. The van der Waals surface area contributed by atoms with Crippen molar-refractivity contribution in [3.8, 4) is 0 Å². The lowest BCUT2D eigenvalue weighted by Gasteiger charge is -2.32. The van der Waals surface area contributed by atoms with Crippen LogP contribution in [-0.2, 0) is 0 Å². The Balaban J connectivity index is 2.28. The van der Waals surface area contributed by atoms with Crippen LogP contribution in [0.25, 0.3) is 0 Å². The lowest BCUT2D eigenvalue weighted by atomic mass is 9.95. The van der Waals surface area contributed by atoms with E-state index in [2.05, 4.69) is 26.1 Å². The minimum Gasteiger partial charge on any atom is -0.394 e. The molecule has 0 aromatic rings. The molecule has 2 N–H and O–H groups in total. The van der Waals surface area contributed by atoms with E-state index in [0.717, 1.165) is 18.8 Å². The number of rotatable bonds is 7. The summed E-state index contributed by atoms with van der Waals surface area (Å²) < 4.78 is 0. The monoisotopic (exact) mass is 199 g/mol. The summed E-state index contributed by atoms with van der Waals surface area (Å²) in [4.78, 5) is 0. The van der Waals surface area contributed by atoms with Crippen molar-refractivity contribution in [2.45, 2.75) is 64.5 Å². The average molecular weight is 199 g/mol. The van der Waals surface area contributed by atoms with Crippen LogP contribution in [-0.4, -0.2) is 23.3 Å². The zero-order chi connectivity index (χ0) is 10.6. The first-order chi connectivity index (χ1) is 6.59. The van der Waals surface area contributed by atoms with E-state index in [1.54, 1.807) is 0 Å². The van der Waals surface area contributed by atoms with Crippen LogP contribution >= 0.6 is 0 Å². The highest BCUT2D eigenvalue weighted by molar-refractivity contribution is 4.87. The first-order valence-electron chi connectivity index (χ1n) is 5.98. The Morgan fingerprint density at radius 1 is 1.50 bits per heavy atom. The minimum absolute atomic E-state index is 0.0664. The molecule has 2 unspecified atom stereocenters.